The Morgan fingerprint density at radius 2 is 2.26 bits per heavy atom. The fourth-order valence-corrected chi connectivity index (χ4v) is 2.56. The maximum absolute atomic E-state index is 12.5. The molecule has 0 amide bonds. The number of carbonyl (C=O) groups is 1. The zero-order valence-electron chi connectivity index (χ0n) is 12.8. The topological polar surface area (TPSA) is 83.6 Å². The quantitative estimate of drug-likeness (QED) is 0.856. The summed E-state index contributed by atoms with van der Waals surface area (Å²) >= 11 is 0. The molecule has 0 bridgehead atoms. The lowest BCUT2D eigenvalue weighted by Gasteiger charge is -2.15. The fraction of sp³-hybridized carbons (Fsp3) is 0.353. The van der Waals surface area contributed by atoms with Crippen LogP contribution in [-0.2, 0) is 4.74 Å². The van der Waals surface area contributed by atoms with Crippen molar-refractivity contribution in [1.82, 2.24) is 4.40 Å². The predicted octanol–water partition coefficient (Wildman–Crippen LogP) is 2.17. The van der Waals surface area contributed by atoms with Crippen molar-refractivity contribution in [3.8, 4) is 6.07 Å². The van der Waals surface area contributed by atoms with Gasteiger partial charge in [0, 0.05) is 12.7 Å². The molecule has 0 unspecified atom stereocenters. The molecule has 1 saturated carbocycles. The molecule has 0 atom stereocenters. The van der Waals surface area contributed by atoms with Gasteiger partial charge in [0.1, 0.15) is 17.2 Å². The van der Waals surface area contributed by atoms with E-state index in [-0.39, 0.29) is 23.4 Å². The van der Waals surface area contributed by atoms with E-state index < -0.39 is 11.5 Å². The Bertz CT molecular complexity index is 860. The van der Waals surface area contributed by atoms with Crippen molar-refractivity contribution in [3.63, 3.8) is 0 Å². The van der Waals surface area contributed by atoms with Gasteiger partial charge in [-0.3, -0.25) is 9.20 Å². The number of nitriles is 1. The maximum Gasteiger partial charge on any atom is 0.342 e. The van der Waals surface area contributed by atoms with Crippen molar-refractivity contribution in [2.45, 2.75) is 19.8 Å². The molecule has 1 aliphatic rings. The first kappa shape index (κ1) is 15.1. The van der Waals surface area contributed by atoms with Gasteiger partial charge in [0.15, 0.2) is 0 Å². The summed E-state index contributed by atoms with van der Waals surface area (Å²) in [4.78, 5) is 25.0. The van der Waals surface area contributed by atoms with Crippen LogP contribution in [-0.4, -0.2) is 23.5 Å². The van der Waals surface area contributed by atoms with Crippen LogP contribution in [0.2, 0.25) is 0 Å². The van der Waals surface area contributed by atoms with Crippen LogP contribution in [0.5, 0.6) is 0 Å². The summed E-state index contributed by atoms with van der Waals surface area (Å²) < 4.78 is 6.45. The number of nitrogens with one attached hydrogen (secondary N) is 1. The van der Waals surface area contributed by atoms with Crippen LogP contribution in [0, 0.1) is 17.2 Å². The molecule has 0 aromatic carbocycles. The zero-order chi connectivity index (χ0) is 16.4. The predicted molar refractivity (Wildman–Crippen MR) is 85.6 cm³/mol. The molecule has 0 radical (unpaired) electrons. The molecule has 0 aliphatic heterocycles. The van der Waals surface area contributed by atoms with Gasteiger partial charge >= 0.3 is 5.97 Å². The number of esters is 1. The van der Waals surface area contributed by atoms with Crippen LogP contribution in [0.1, 0.15) is 35.7 Å². The number of aromatic nitrogens is 1. The van der Waals surface area contributed by atoms with Crippen molar-refractivity contribution < 1.29 is 9.53 Å². The average molecular weight is 311 g/mol. The minimum Gasteiger partial charge on any atom is -0.462 e. The van der Waals surface area contributed by atoms with E-state index in [1.165, 1.54) is 4.40 Å². The molecule has 1 fully saturated rings. The second kappa shape index (κ2) is 6.13. The van der Waals surface area contributed by atoms with E-state index in [1.54, 1.807) is 31.3 Å². The summed E-state index contributed by atoms with van der Waals surface area (Å²) in [7, 11) is 0. The second-order valence-electron chi connectivity index (χ2n) is 5.54. The number of fused-ring (bicyclic) bond motifs is 1. The van der Waals surface area contributed by atoms with Crippen LogP contribution in [0.15, 0.2) is 29.2 Å². The first-order valence-electron chi connectivity index (χ1n) is 7.65. The number of nitrogens with zero attached hydrogens (tertiary/aromatic N) is 2. The van der Waals surface area contributed by atoms with Crippen molar-refractivity contribution in [3.05, 3.63) is 45.9 Å². The molecule has 2 heterocycles. The summed E-state index contributed by atoms with van der Waals surface area (Å²) in [6.07, 6.45) is 3.79. The minimum atomic E-state index is -0.536. The third-order valence-electron chi connectivity index (χ3n) is 3.90. The standard InChI is InChI=1S/C17H17N3O3/c1-2-23-17(22)14-13-5-3-4-8-20(13)16(21)12(9-18)15(14)19-10-11-6-7-11/h3-5,8,11,19H,2,6-7,10H2,1H3. The molecule has 2 aromatic rings. The minimum absolute atomic E-state index is 0.0580. The number of anilines is 1. The van der Waals surface area contributed by atoms with Crippen LogP contribution in [0.25, 0.3) is 5.52 Å². The lowest BCUT2D eigenvalue weighted by Crippen LogP contribution is -2.24. The summed E-state index contributed by atoms with van der Waals surface area (Å²) in [5.74, 6) is -0.00295. The van der Waals surface area contributed by atoms with E-state index in [1.807, 2.05) is 6.07 Å². The number of rotatable bonds is 5. The first-order valence-corrected chi connectivity index (χ1v) is 7.65. The highest BCUT2D eigenvalue weighted by Crippen LogP contribution is 2.31. The largest absolute Gasteiger partial charge is 0.462 e. The molecule has 23 heavy (non-hydrogen) atoms. The molecular weight excluding hydrogens is 294 g/mol. The molecule has 118 valence electrons. The highest BCUT2D eigenvalue weighted by atomic mass is 16.5. The molecule has 2 aromatic heterocycles. The van der Waals surface area contributed by atoms with Crippen LogP contribution >= 0.6 is 0 Å². The molecule has 0 spiro atoms. The lowest BCUT2D eigenvalue weighted by molar-refractivity contribution is 0.0529. The Balaban J connectivity index is 2.26. The van der Waals surface area contributed by atoms with Gasteiger partial charge in [-0.1, -0.05) is 6.07 Å². The van der Waals surface area contributed by atoms with Crippen LogP contribution < -0.4 is 10.9 Å². The molecular formula is C17H17N3O3. The SMILES string of the molecule is CCOC(=O)c1c(NCC2CC2)c(C#N)c(=O)n2ccccc12. The van der Waals surface area contributed by atoms with Gasteiger partial charge in [0.25, 0.3) is 5.56 Å². The molecule has 1 aliphatic carbocycles. The summed E-state index contributed by atoms with van der Waals surface area (Å²) in [5.41, 5.74) is 0.471. The number of hydrogen-bond acceptors (Lipinski definition) is 5. The van der Waals surface area contributed by atoms with E-state index >= 15 is 0 Å². The van der Waals surface area contributed by atoms with Crippen molar-refractivity contribution in [2.75, 3.05) is 18.5 Å². The number of pyridine rings is 2. The number of carbonyl (C=O) groups excluding carboxylic acids is 1. The Morgan fingerprint density at radius 3 is 2.91 bits per heavy atom. The van der Waals surface area contributed by atoms with Crippen LogP contribution in [0.3, 0.4) is 0 Å². The maximum atomic E-state index is 12.5. The van der Waals surface area contributed by atoms with Gasteiger partial charge in [0.2, 0.25) is 0 Å². The highest BCUT2D eigenvalue weighted by Gasteiger charge is 2.26. The molecule has 6 heteroatoms. The lowest BCUT2D eigenvalue weighted by atomic mass is 10.1. The molecule has 6 nitrogen and oxygen atoms in total. The smallest absolute Gasteiger partial charge is 0.342 e. The van der Waals surface area contributed by atoms with Crippen molar-refractivity contribution in [2.24, 2.45) is 5.92 Å². The van der Waals surface area contributed by atoms with Crippen molar-refractivity contribution >= 4 is 17.2 Å². The van der Waals surface area contributed by atoms with E-state index in [4.69, 9.17) is 4.74 Å². The average Bonchev–Trinajstić information content (AvgIpc) is 3.37. The van der Waals surface area contributed by atoms with Crippen molar-refractivity contribution in [1.29, 1.82) is 5.26 Å². The van der Waals surface area contributed by atoms with Gasteiger partial charge in [-0.2, -0.15) is 5.26 Å². The van der Waals surface area contributed by atoms with Gasteiger partial charge in [-0.05, 0) is 37.8 Å². The Labute approximate surface area is 133 Å². The fourth-order valence-electron chi connectivity index (χ4n) is 2.56. The Morgan fingerprint density at radius 1 is 1.48 bits per heavy atom. The van der Waals surface area contributed by atoms with E-state index in [0.29, 0.717) is 18.0 Å². The molecule has 0 saturated heterocycles. The van der Waals surface area contributed by atoms with Gasteiger partial charge < -0.3 is 10.1 Å². The molecule has 1 N–H and O–H groups in total. The van der Waals surface area contributed by atoms with Gasteiger partial charge in [-0.15, -0.1) is 0 Å². The second-order valence-corrected chi connectivity index (χ2v) is 5.54. The summed E-state index contributed by atoms with van der Waals surface area (Å²) in [6.45, 7) is 2.59. The third-order valence-corrected chi connectivity index (χ3v) is 3.90. The van der Waals surface area contributed by atoms with E-state index in [2.05, 4.69) is 5.32 Å². The number of hydrogen-bond donors (Lipinski definition) is 1. The monoisotopic (exact) mass is 311 g/mol. The Kier molecular flexibility index (Phi) is 4.02. The van der Waals surface area contributed by atoms with Gasteiger partial charge in [0.05, 0.1) is 17.8 Å². The van der Waals surface area contributed by atoms with E-state index in [0.717, 1.165) is 12.8 Å². The first-order chi connectivity index (χ1) is 11.2. The summed E-state index contributed by atoms with van der Waals surface area (Å²) in [5, 5.41) is 12.6. The zero-order valence-corrected chi connectivity index (χ0v) is 12.8. The number of ether oxygens (including phenoxy) is 1. The highest BCUT2D eigenvalue weighted by molar-refractivity contribution is 6.04. The molecule has 3 rings (SSSR count). The van der Waals surface area contributed by atoms with Gasteiger partial charge in [-0.25, -0.2) is 4.79 Å². The Hall–Kier alpha value is -2.81. The van der Waals surface area contributed by atoms with Crippen LogP contribution in [0.4, 0.5) is 5.69 Å². The third kappa shape index (κ3) is 2.78. The summed E-state index contributed by atoms with van der Waals surface area (Å²) in [6, 6.07) is 7.04. The normalized spacial score (nSPS) is 13.6. The van der Waals surface area contributed by atoms with E-state index in [9.17, 15) is 14.9 Å².